The van der Waals surface area contributed by atoms with Crippen LogP contribution in [-0.4, -0.2) is 47.5 Å². The maximum absolute atomic E-state index is 10.6. The predicted octanol–water partition coefficient (Wildman–Crippen LogP) is -3.86. The fraction of sp³-hybridized carbons (Fsp3) is 0.800. The van der Waals surface area contributed by atoms with E-state index >= 15 is 0 Å². The summed E-state index contributed by atoms with van der Waals surface area (Å²) in [7, 11) is 0. The Morgan fingerprint density at radius 3 is 2.23 bits per heavy atom. The van der Waals surface area contributed by atoms with E-state index in [4.69, 9.17) is 0 Å². The number of rotatable bonds is 2. The molecule has 0 aromatic carbocycles. The number of hydrogen-bond acceptors (Lipinski definition) is 4. The molecular weight excluding hydrogens is 187 g/mol. The van der Waals surface area contributed by atoms with Crippen LogP contribution in [0.5, 0.6) is 0 Å². The van der Waals surface area contributed by atoms with Crippen molar-refractivity contribution in [1.82, 2.24) is 9.91 Å². The van der Waals surface area contributed by atoms with Crippen LogP contribution in [-0.2, 0) is 4.79 Å². The Bertz CT molecular complexity index is 192. The summed E-state index contributed by atoms with van der Waals surface area (Å²) in [6.45, 7) is 1.62. The molecule has 0 spiro atoms. The minimum absolute atomic E-state index is 0. The zero-order valence-corrected chi connectivity index (χ0v) is 9.42. The molecule has 7 nitrogen and oxygen atoms in total. The summed E-state index contributed by atoms with van der Waals surface area (Å²) in [6.07, 6.45) is 0.723. The average Bonchev–Trinajstić information content (AvgIpc) is 2.17. The van der Waals surface area contributed by atoms with Gasteiger partial charge in [0.15, 0.2) is 0 Å². The first-order valence-corrected chi connectivity index (χ1v) is 3.52. The monoisotopic (exact) mass is 196 g/mol. The first kappa shape index (κ1) is 12.5. The number of nitrogens with zero attached hydrogens (tertiary/aromatic N) is 4. The van der Waals surface area contributed by atoms with E-state index in [1.165, 1.54) is 9.91 Å². The summed E-state index contributed by atoms with van der Waals surface area (Å²) >= 11 is 0. The van der Waals surface area contributed by atoms with Gasteiger partial charge in [0.2, 0.25) is 6.41 Å². The number of hydrogen-bond donors (Lipinski definition) is 0. The molecule has 0 aliphatic carbocycles. The molecule has 0 unspecified atom stereocenters. The van der Waals surface area contributed by atoms with Crippen molar-refractivity contribution < 1.29 is 39.3 Å². The molecule has 1 aliphatic rings. The maximum atomic E-state index is 10.6. The van der Waals surface area contributed by atoms with Crippen molar-refractivity contribution in [2.75, 3.05) is 26.2 Å². The molecule has 8 heteroatoms. The molecule has 1 amide bonds. The van der Waals surface area contributed by atoms with Crippen molar-refractivity contribution in [3.05, 3.63) is 10.4 Å². The summed E-state index contributed by atoms with van der Waals surface area (Å²) in [5, 5.41) is 23.9. The number of carbonyl (C=O) groups excluding carboxylic acids is 1. The molecule has 68 valence electrons. The fourth-order valence-corrected chi connectivity index (χ4v) is 1.04. The molecule has 1 rings (SSSR count). The summed E-state index contributed by atoms with van der Waals surface area (Å²) < 4.78 is 0. The molecule has 0 bridgehead atoms. The van der Waals surface area contributed by atoms with E-state index in [1.54, 1.807) is 0 Å². The number of amides is 1. The summed E-state index contributed by atoms with van der Waals surface area (Å²) in [5.74, 6) is 0. The zero-order chi connectivity index (χ0) is 8.97. The number of carbonyl (C=O) groups is 1. The maximum Gasteiger partial charge on any atom is 1.00 e. The van der Waals surface area contributed by atoms with Gasteiger partial charge in [-0.1, -0.05) is 0 Å². The third kappa shape index (κ3) is 3.37. The van der Waals surface area contributed by atoms with Crippen LogP contribution in [0.2, 0.25) is 0 Å². The zero-order valence-electron chi connectivity index (χ0n) is 7.42. The van der Waals surface area contributed by atoms with Crippen LogP contribution in [0, 0.1) is 10.4 Å². The van der Waals surface area contributed by atoms with Crippen molar-refractivity contribution in [2.24, 2.45) is 5.28 Å². The molecule has 13 heavy (non-hydrogen) atoms. The third-order valence-corrected chi connectivity index (χ3v) is 1.75. The Morgan fingerprint density at radius 1 is 1.31 bits per heavy atom. The molecule has 0 aromatic heterocycles. The smallest absolute Gasteiger partial charge is 0.737 e. The molecule has 1 fully saturated rings. The normalized spacial score (nSPS) is 18.0. The largest absolute Gasteiger partial charge is 1.00 e. The van der Waals surface area contributed by atoms with Crippen LogP contribution in [0.15, 0.2) is 5.28 Å². The Morgan fingerprint density at radius 2 is 1.85 bits per heavy atom. The van der Waals surface area contributed by atoms with E-state index in [0.29, 0.717) is 26.2 Å². The molecule has 0 radical (unpaired) electrons. The second-order valence-electron chi connectivity index (χ2n) is 2.43. The van der Waals surface area contributed by atoms with Crippen molar-refractivity contribution in [3.8, 4) is 0 Å². The molecule has 0 saturated carbocycles. The molecule has 0 N–H and O–H groups in total. The van der Waals surface area contributed by atoms with Gasteiger partial charge in [-0.3, -0.25) is 4.79 Å². The Labute approximate surface area is 97.4 Å². The van der Waals surface area contributed by atoms with Crippen LogP contribution in [0.3, 0.4) is 0 Å². The van der Waals surface area contributed by atoms with Gasteiger partial charge in [-0.15, -0.1) is 5.01 Å². The van der Waals surface area contributed by atoms with E-state index in [1.807, 2.05) is 0 Å². The fourth-order valence-electron chi connectivity index (χ4n) is 1.04. The van der Waals surface area contributed by atoms with Gasteiger partial charge in [0.25, 0.3) is 0 Å². The number of hydrazine groups is 1. The predicted molar refractivity (Wildman–Crippen MR) is 38.6 cm³/mol. The van der Waals surface area contributed by atoms with Crippen LogP contribution in [0.1, 0.15) is 0 Å². The van der Waals surface area contributed by atoms with Gasteiger partial charge in [0, 0.05) is 18.1 Å². The van der Waals surface area contributed by atoms with Crippen LogP contribution in [0.25, 0.3) is 0 Å². The van der Waals surface area contributed by atoms with E-state index < -0.39 is 0 Å². The van der Waals surface area contributed by atoms with E-state index in [2.05, 4.69) is 5.28 Å². The Kier molecular flexibility index (Phi) is 5.76. The van der Waals surface area contributed by atoms with Gasteiger partial charge in [0.1, 0.15) is 0 Å². The SMILES string of the molecule is O=CN1CCN(/[N+]([O-])=N/[O-])CC1.[Na+]. The minimum atomic E-state index is 0. The van der Waals surface area contributed by atoms with E-state index in [9.17, 15) is 15.2 Å². The van der Waals surface area contributed by atoms with Gasteiger partial charge in [-0.05, 0) is 5.28 Å². The summed E-state index contributed by atoms with van der Waals surface area (Å²) in [5.41, 5.74) is 0. The topological polar surface area (TPSA) is 85.0 Å². The first-order chi connectivity index (χ1) is 5.77. The van der Waals surface area contributed by atoms with Crippen molar-refractivity contribution in [3.63, 3.8) is 0 Å². The van der Waals surface area contributed by atoms with Gasteiger partial charge in [-0.2, -0.15) is 0 Å². The Balaban J connectivity index is 0.00000144. The third-order valence-electron chi connectivity index (χ3n) is 1.75. The van der Waals surface area contributed by atoms with Gasteiger partial charge < -0.3 is 15.3 Å². The molecule has 0 aromatic rings. The van der Waals surface area contributed by atoms with Gasteiger partial charge in [0.05, 0.1) is 13.1 Å². The molecular formula is C5H9N4NaO3. The standard InChI is InChI=1S/C5H10N4O3.Na/c10-5-7-1-3-8(4-2-7)9(12)6-11;/h5,11H,1-4H2;/q;+1/p-1/b9-6-;. The quantitative estimate of drug-likeness (QED) is 0.149. The summed E-state index contributed by atoms with van der Waals surface area (Å²) in [6, 6.07) is 0. The average molecular weight is 196 g/mol. The molecule has 0 atom stereocenters. The summed E-state index contributed by atoms with van der Waals surface area (Å²) in [4.78, 5) is 11.8. The van der Waals surface area contributed by atoms with Gasteiger partial charge >= 0.3 is 29.6 Å². The minimum Gasteiger partial charge on any atom is -0.737 e. The Hall–Kier alpha value is -0.530. The number of piperazine rings is 1. The van der Waals surface area contributed by atoms with Crippen LogP contribution >= 0.6 is 0 Å². The second-order valence-corrected chi connectivity index (χ2v) is 2.43. The van der Waals surface area contributed by atoms with E-state index in [-0.39, 0.29) is 34.5 Å². The molecule has 1 heterocycles. The molecule has 1 saturated heterocycles. The first-order valence-electron chi connectivity index (χ1n) is 3.52. The van der Waals surface area contributed by atoms with Crippen LogP contribution in [0.4, 0.5) is 0 Å². The van der Waals surface area contributed by atoms with Crippen molar-refractivity contribution in [2.45, 2.75) is 0 Å². The molecule has 1 aliphatic heterocycles. The van der Waals surface area contributed by atoms with Gasteiger partial charge in [-0.25, -0.2) is 0 Å². The van der Waals surface area contributed by atoms with Crippen molar-refractivity contribution >= 4 is 6.41 Å². The second kappa shape index (κ2) is 6.01. The van der Waals surface area contributed by atoms with Crippen molar-refractivity contribution in [1.29, 1.82) is 0 Å². The van der Waals surface area contributed by atoms with E-state index in [0.717, 1.165) is 6.41 Å². The van der Waals surface area contributed by atoms with Crippen LogP contribution < -0.4 is 29.6 Å².